The Balaban J connectivity index is 1.76. The zero-order valence-corrected chi connectivity index (χ0v) is 13.1. The van der Waals surface area contributed by atoms with Crippen molar-refractivity contribution >= 4 is 17.4 Å². The minimum Gasteiger partial charge on any atom is -0.384 e. The van der Waals surface area contributed by atoms with E-state index in [-0.39, 0.29) is 18.4 Å². The minimum absolute atomic E-state index is 0.0446. The fourth-order valence-corrected chi connectivity index (χ4v) is 2.68. The van der Waals surface area contributed by atoms with Gasteiger partial charge in [0.15, 0.2) is 0 Å². The van der Waals surface area contributed by atoms with Crippen LogP contribution in [0.2, 0.25) is 0 Å². The van der Waals surface area contributed by atoms with Crippen molar-refractivity contribution in [2.45, 2.75) is 18.9 Å². The molecule has 1 heterocycles. The van der Waals surface area contributed by atoms with Crippen molar-refractivity contribution in [3.05, 3.63) is 58.0 Å². The molecule has 4 nitrogen and oxygen atoms in total. The van der Waals surface area contributed by atoms with Gasteiger partial charge in [0.1, 0.15) is 11.4 Å². The topological polar surface area (TPSA) is 61.4 Å². The van der Waals surface area contributed by atoms with Gasteiger partial charge in [0.25, 0.3) is 0 Å². The number of aliphatic hydroxyl groups is 1. The molecule has 0 saturated carbocycles. The van der Waals surface area contributed by atoms with Crippen LogP contribution in [0.15, 0.2) is 41.1 Å². The van der Waals surface area contributed by atoms with Gasteiger partial charge >= 0.3 is 6.03 Å². The van der Waals surface area contributed by atoms with Gasteiger partial charge in [-0.05, 0) is 53.4 Å². The van der Waals surface area contributed by atoms with Crippen LogP contribution in [0, 0.1) is 5.82 Å². The van der Waals surface area contributed by atoms with E-state index in [1.807, 2.05) is 16.8 Å². The summed E-state index contributed by atoms with van der Waals surface area (Å²) >= 11 is 1.62. The van der Waals surface area contributed by atoms with Crippen molar-refractivity contribution in [1.82, 2.24) is 10.6 Å². The molecule has 0 fully saturated rings. The second-order valence-corrected chi connectivity index (χ2v) is 6.05. The van der Waals surface area contributed by atoms with Crippen molar-refractivity contribution in [1.29, 1.82) is 0 Å². The maximum atomic E-state index is 12.9. The third-order valence-electron chi connectivity index (χ3n) is 3.34. The first-order valence-corrected chi connectivity index (χ1v) is 7.93. The molecular formula is C16H19FN2O2S. The molecule has 0 unspecified atom stereocenters. The zero-order valence-electron chi connectivity index (χ0n) is 12.3. The third kappa shape index (κ3) is 4.82. The predicted molar refractivity (Wildman–Crippen MR) is 85.4 cm³/mol. The van der Waals surface area contributed by atoms with E-state index in [1.54, 1.807) is 18.3 Å². The Morgan fingerprint density at radius 1 is 1.27 bits per heavy atom. The highest BCUT2D eigenvalue weighted by Gasteiger charge is 2.23. The Kier molecular flexibility index (Phi) is 5.51. The quantitative estimate of drug-likeness (QED) is 0.765. The van der Waals surface area contributed by atoms with Gasteiger partial charge in [-0.25, -0.2) is 9.18 Å². The number of urea groups is 1. The highest BCUT2D eigenvalue weighted by molar-refractivity contribution is 7.07. The number of benzene rings is 1. The molecule has 6 heteroatoms. The first-order chi connectivity index (χ1) is 10.5. The number of hydrogen-bond acceptors (Lipinski definition) is 3. The molecule has 0 aliphatic heterocycles. The molecule has 1 aromatic heterocycles. The van der Waals surface area contributed by atoms with Crippen molar-refractivity contribution < 1.29 is 14.3 Å². The maximum absolute atomic E-state index is 12.9. The molecule has 2 amide bonds. The van der Waals surface area contributed by atoms with Crippen LogP contribution >= 0.6 is 11.3 Å². The number of hydrogen-bond donors (Lipinski definition) is 3. The molecule has 1 aromatic carbocycles. The van der Waals surface area contributed by atoms with E-state index in [1.165, 1.54) is 29.8 Å². The molecule has 3 N–H and O–H groups in total. The first-order valence-electron chi connectivity index (χ1n) is 6.98. The van der Waals surface area contributed by atoms with Crippen LogP contribution in [0.3, 0.4) is 0 Å². The van der Waals surface area contributed by atoms with Crippen LogP contribution in [0.25, 0.3) is 0 Å². The van der Waals surface area contributed by atoms with Gasteiger partial charge < -0.3 is 15.7 Å². The second-order valence-electron chi connectivity index (χ2n) is 5.27. The number of nitrogens with one attached hydrogen (secondary N) is 2. The molecule has 2 aromatic rings. The Labute approximate surface area is 133 Å². The fraction of sp³-hybridized carbons (Fsp3) is 0.312. The molecule has 118 valence electrons. The molecule has 22 heavy (non-hydrogen) atoms. The lowest BCUT2D eigenvalue weighted by Crippen LogP contribution is -2.43. The summed E-state index contributed by atoms with van der Waals surface area (Å²) in [5.41, 5.74) is 0.481. The lowest BCUT2D eigenvalue weighted by Gasteiger charge is -2.24. The van der Waals surface area contributed by atoms with Crippen molar-refractivity contribution in [3.8, 4) is 0 Å². The fourth-order valence-electron chi connectivity index (χ4n) is 1.98. The number of thiophene rings is 1. The maximum Gasteiger partial charge on any atom is 0.314 e. The van der Waals surface area contributed by atoms with E-state index in [0.717, 1.165) is 6.42 Å². The summed E-state index contributed by atoms with van der Waals surface area (Å²) in [6.07, 6.45) is 0.769. The number of carbonyl (C=O) groups excluding carboxylic acids is 1. The van der Waals surface area contributed by atoms with Gasteiger partial charge in [0, 0.05) is 6.54 Å². The second kappa shape index (κ2) is 7.38. The van der Waals surface area contributed by atoms with Gasteiger partial charge in [0.2, 0.25) is 0 Å². The summed E-state index contributed by atoms with van der Waals surface area (Å²) in [7, 11) is 0. The molecule has 0 aliphatic carbocycles. The molecular weight excluding hydrogens is 303 g/mol. The number of rotatable bonds is 6. The van der Waals surface area contributed by atoms with Crippen LogP contribution in [0.1, 0.15) is 18.1 Å². The van der Waals surface area contributed by atoms with Crippen molar-refractivity contribution in [3.63, 3.8) is 0 Å². The van der Waals surface area contributed by atoms with Gasteiger partial charge in [-0.2, -0.15) is 11.3 Å². The van der Waals surface area contributed by atoms with Crippen LogP contribution in [-0.2, 0) is 12.0 Å². The van der Waals surface area contributed by atoms with Crippen LogP contribution < -0.4 is 10.6 Å². The normalized spacial score (nSPS) is 13.4. The summed E-state index contributed by atoms with van der Waals surface area (Å²) in [6, 6.07) is 7.26. The van der Waals surface area contributed by atoms with Gasteiger partial charge in [-0.1, -0.05) is 12.1 Å². The van der Waals surface area contributed by atoms with Gasteiger partial charge in [-0.3, -0.25) is 0 Å². The highest BCUT2D eigenvalue weighted by Crippen LogP contribution is 2.19. The van der Waals surface area contributed by atoms with Crippen molar-refractivity contribution in [2.24, 2.45) is 0 Å². The van der Waals surface area contributed by atoms with E-state index in [9.17, 15) is 14.3 Å². The summed E-state index contributed by atoms with van der Waals surface area (Å²) < 4.78 is 12.9. The van der Waals surface area contributed by atoms with Crippen LogP contribution in [0.5, 0.6) is 0 Å². The Bertz CT molecular complexity index is 597. The lowest BCUT2D eigenvalue weighted by atomic mass is 9.96. The standard InChI is InChI=1S/C16H19FN2O2S/c1-16(21,13-2-4-14(17)5-3-13)11-19-15(20)18-8-6-12-7-9-22-10-12/h2-5,7,9-10,21H,6,8,11H2,1H3,(H2,18,19,20)/t16-/m0/s1. The highest BCUT2D eigenvalue weighted by atomic mass is 32.1. The van der Waals surface area contributed by atoms with E-state index in [0.29, 0.717) is 12.1 Å². The molecule has 0 bridgehead atoms. The summed E-state index contributed by atoms with van der Waals surface area (Å²) in [5, 5.41) is 19.7. The summed E-state index contributed by atoms with van der Waals surface area (Å²) in [6.45, 7) is 2.15. The van der Waals surface area contributed by atoms with E-state index in [2.05, 4.69) is 10.6 Å². The average molecular weight is 322 g/mol. The molecule has 0 aliphatic rings. The molecule has 2 rings (SSSR count). The Hall–Kier alpha value is -1.92. The lowest BCUT2D eigenvalue weighted by molar-refractivity contribution is 0.0593. The number of halogens is 1. The number of amides is 2. The average Bonchev–Trinajstić information content (AvgIpc) is 2.99. The third-order valence-corrected chi connectivity index (χ3v) is 4.07. The SMILES string of the molecule is C[C@](O)(CNC(=O)NCCc1ccsc1)c1ccc(F)cc1. The van der Waals surface area contributed by atoms with Gasteiger partial charge in [-0.15, -0.1) is 0 Å². The smallest absolute Gasteiger partial charge is 0.314 e. The zero-order chi connectivity index (χ0) is 16.0. The Morgan fingerprint density at radius 2 is 2.00 bits per heavy atom. The van der Waals surface area contributed by atoms with E-state index in [4.69, 9.17) is 0 Å². The van der Waals surface area contributed by atoms with E-state index >= 15 is 0 Å². The first kappa shape index (κ1) is 16.5. The summed E-state index contributed by atoms with van der Waals surface area (Å²) in [5.74, 6) is -0.362. The molecule has 0 spiro atoms. The summed E-state index contributed by atoms with van der Waals surface area (Å²) in [4.78, 5) is 11.7. The largest absolute Gasteiger partial charge is 0.384 e. The predicted octanol–water partition coefficient (Wildman–Crippen LogP) is 2.64. The molecule has 1 atom stereocenters. The van der Waals surface area contributed by atoms with Gasteiger partial charge in [0.05, 0.1) is 6.54 Å². The van der Waals surface area contributed by atoms with Crippen LogP contribution in [-0.4, -0.2) is 24.2 Å². The number of carbonyl (C=O) groups is 1. The van der Waals surface area contributed by atoms with E-state index < -0.39 is 5.60 Å². The minimum atomic E-state index is -1.25. The monoisotopic (exact) mass is 322 g/mol. The molecule has 0 radical (unpaired) electrons. The Morgan fingerprint density at radius 3 is 2.64 bits per heavy atom. The van der Waals surface area contributed by atoms with Crippen molar-refractivity contribution in [2.75, 3.05) is 13.1 Å². The van der Waals surface area contributed by atoms with Crippen LogP contribution in [0.4, 0.5) is 9.18 Å². The molecule has 0 saturated heterocycles.